The fraction of sp³-hybridized carbons (Fsp3) is 0.267. The third-order valence-electron chi connectivity index (χ3n) is 3.15. The van der Waals surface area contributed by atoms with Crippen LogP contribution in [0.1, 0.15) is 22.6 Å². The monoisotopic (exact) mass is 284 g/mol. The van der Waals surface area contributed by atoms with E-state index in [1.807, 2.05) is 18.4 Å². The van der Waals surface area contributed by atoms with Crippen LogP contribution in [-0.4, -0.2) is 19.6 Å². The van der Waals surface area contributed by atoms with Crippen LogP contribution < -0.4 is 0 Å². The zero-order valence-electron chi connectivity index (χ0n) is 11.8. The molecule has 0 saturated carbocycles. The van der Waals surface area contributed by atoms with Crippen LogP contribution in [0.4, 0.5) is 0 Å². The molecular formula is C15H16N4S. The summed E-state index contributed by atoms with van der Waals surface area (Å²) in [6, 6.07) is 10.5. The molecular weight excluding hydrogens is 268 g/mol. The number of aromatic nitrogens is 4. The number of aryl methyl sites for hydroxylation is 3. The molecule has 0 N–H and O–H groups in total. The van der Waals surface area contributed by atoms with E-state index in [9.17, 15) is 0 Å². The van der Waals surface area contributed by atoms with E-state index in [-0.39, 0.29) is 0 Å². The zero-order chi connectivity index (χ0) is 14.1. The maximum Gasteiger partial charge on any atom is 0.253 e. The van der Waals surface area contributed by atoms with Gasteiger partial charge in [0.1, 0.15) is 10.9 Å². The second kappa shape index (κ2) is 5.25. The van der Waals surface area contributed by atoms with Gasteiger partial charge in [0.05, 0.1) is 0 Å². The molecule has 0 spiro atoms. The van der Waals surface area contributed by atoms with Crippen LogP contribution in [-0.2, 0) is 5.75 Å². The Labute approximate surface area is 122 Å². The molecule has 0 atom stereocenters. The van der Waals surface area contributed by atoms with Crippen LogP contribution in [0.25, 0.3) is 5.78 Å². The fourth-order valence-corrected chi connectivity index (χ4v) is 3.21. The molecule has 0 aliphatic carbocycles. The lowest BCUT2D eigenvalue weighted by atomic mass is 10.1. The standard InChI is InChI=1S/C15H16N4S/c1-10-6-4-5-7-13(10)9-20-14-8-11(2)16-15-17-12(3)18-19(14)15/h4-8H,9H2,1-3H3. The number of hydrogen-bond acceptors (Lipinski definition) is 4. The lowest BCUT2D eigenvalue weighted by molar-refractivity contribution is 0.821. The van der Waals surface area contributed by atoms with Crippen molar-refractivity contribution >= 4 is 17.5 Å². The first-order valence-corrected chi connectivity index (χ1v) is 7.50. The Kier molecular flexibility index (Phi) is 3.44. The average molecular weight is 284 g/mol. The summed E-state index contributed by atoms with van der Waals surface area (Å²) in [4.78, 5) is 8.74. The number of nitrogens with zero attached hydrogens (tertiary/aromatic N) is 4. The van der Waals surface area contributed by atoms with Crippen molar-refractivity contribution in [1.82, 2.24) is 19.6 Å². The smallest absolute Gasteiger partial charge is 0.216 e. The summed E-state index contributed by atoms with van der Waals surface area (Å²) in [5, 5.41) is 5.49. The third kappa shape index (κ3) is 2.54. The normalized spacial score (nSPS) is 11.2. The van der Waals surface area contributed by atoms with Crippen molar-refractivity contribution in [3.63, 3.8) is 0 Å². The molecule has 0 amide bonds. The Morgan fingerprint density at radius 1 is 1.10 bits per heavy atom. The van der Waals surface area contributed by atoms with Crippen LogP contribution in [0.2, 0.25) is 0 Å². The maximum absolute atomic E-state index is 4.41. The molecule has 0 saturated heterocycles. The summed E-state index contributed by atoms with van der Waals surface area (Å²) in [5.74, 6) is 2.35. The van der Waals surface area contributed by atoms with Gasteiger partial charge in [-0.15, -0.1) is 16.9 Å². The van der Waals surface area contributed by atoms with E-state index in [1.165, 1.54) is 11.1 Å². The van der Waals surface area contributed by atoms with E-state index >= 15 is 0 Å². The lowest BCUT2D eigenvalue weighted by Crippen LogP contribution is -1.98. The molecule has 0 bridgehead atoms. The van der Waals surface area contributed by atoms with E-state index in [0.29, 0.717) is 5.78 Å². The first kappa shape index (κ1) is 13.1. The second-order valence-electron chi connectivity index (χ2n) is 4.82. The number of thioether (sulfide) groups is 1. The molecule has 5 heteroatoms. The minimum atomic E-state index is 0.676. The predicted octanol–water partition coefficient (Wildman–Crippen LogP) is 3.34. The Balaban J connectivity index is 1.93. The summed E-state index contributed by atoms with van der Waals surface area (Å²) in [5.41, 5.74) is 3.63. The van der Waals surface area contributed by atoms with Gasteiger partial charge in [-0.05, 0) is 38.0 Å². The molecule has 2 aromatic heterocycles. The highest BCUT2D eigenvalue weighted by Gasteiger charge is 2.09. The SMILES string of the molecule is Cc1cc(SCc2ccccc2C)n2nc(C)nc2n1. The van der Waals surface area contributed by atoms with Gasteiger partial charge in [0, 0.05) is 11.4 Å². The summed E-state index contributed by atoms with van der Waals surface area (Å²) in [6.45, 7) is 6.02. The molecule has 0 aliphatic rings. The van der Waals surface area contributed by atoms with Gasteiger partial charge in [-0.3, -0.25) is 0 Å². The molecule has 0 aliphatic heterocycles. The second-order valence-corrected chi connectivity index (χ2v) is 5.82. The largest absolute Gasteiger partial charge is 0.253 e. The van der Waals surface area contributed by atoms with Gasteiger partial charge in [-0.2, -0.15) is 9.50 Å². The van der Waals surface area contributed by atoms with Crippen molar-refractivity contribution in [2.75, 3.05) is 0 Å². The van der Waals surface area contributed by atoms with Crippen molar-refractivity contribution < 1.29 is 0 Å². The zero-order valence-corrected chi connectivity index (χ0v) is 12.6. The molecule has 102 valence electrons. The van der Waals surface area contributed by atoms with E-state index in [2.05, 4.69) is 52.3 Å². The summed E-state index contributed by atoms with van der Waals surface area (Å²) < 4.78 is 1.82. The highest BCUT2D eigenvalue weighted by atomic mass is 32.2. The van der Waals surface area contributed by atoms with Gasteiger partial charge in [0.25, 0.3) is 5.78 Å². The molecule has 1 aromatic carbocycles. The van der Waals surface area contributed by atoms with E-state index in [0.717, 1.165) is 22.3 Å². The van der Waals surface area contributed by atoms with Gasteiger partial charge < -0.3 is 0 Å². The van der Waals surface area contributed by atoms with E-state index < -0.39 is 0 Å². The molecule has 4 nitrogen and oxygen atoms in total. The number of hydrogen-bond donors (Lipinski definition) is 0. The number of rotatable bonds is 3. The van der Waals surface area contributed by atoms with Crippen LogP contribution in [0.5, 0.6) is 0 Å². The Hall–Kier alpha value is -1.88. The van der Waals surface area contributed by atoms with Crippen molar-refractivity contribution in [3.8, 4) is 0 Å². The van der Waals surface area contributed by atoms with Crippen molar-refractivity contribution in [2.45, 2.75) is 31.6 Å². The van der Waals surface area contributed by atoms with Gasteiger partial charge in [-0.1, -0.05) is 24.3 Å². The molecule has 3 rings (SSSR count). The van der Waals surface area contributed by atoms with Crippen LogP contribution in [0.3, 0.4) is 0 Å². The van der Waals surface area contributed by atoms with Crippen molar-refractivity contribution in [1.29, 1.82) is 0 Å². The van der Waals surface area contributed by atoms with Gasteiger partial charge in [-0.25, -0.2) is 4.98 Å². The molecule has 0 radical (unpaired) electrons. The lowest BCUT2D eigenvalue weighted by Gasteiger charge is -2.07. The molecule has 3 aromatic rings. The van der Waals surface area contributed by atoms with Crippen molar-refractivity contribution in [2.24, 2.45) is 0 Å². The number of fused-ring (bicyclic) bond motifs is 1. The first-order valence-electron chi connectivity index (χ1n) is 6.52. The highest BCUT2D eigenvalue weighted by molar-refractivity contribution is 7.98. The highest BCUT2D eigenvalue weighted by Crippen LogP contribution is 2.24. The maximum atomic E-state index is 4.41. The van der Waals surface area contributed by atoms with Crippen molar-refractivity contribution in [3.05, 3.63) is 53.0 Å². The minimum Gasteiger partial charge on any atom is -0.216 e. The van der Waals surface area contributed by atoms with Crippen LogP contribution >= 0.6 is 11.8 Å². The topological polar surface area (TPSA) is 43.1 Å². The van der Waals surface area contributed by atoms with Crippen LogP contribution in [0, 0.1) is 20.8 Å². The Morgan fingerprint density at radius 2 is 1.90 bits per heavy atom. The third-order valence-corrected chi connectivity index (χ3v) is 4.19. The van der Waals surface area contributed by atoms with Gasteiger partial charge in [0.2, 0.25) is 0 Å². The molecule has 2 heterocycles. The predicted molar refractivity (Wildman–Crippen MR) is 81.0 cm³/mol. The Bertz CT molecular complexity index is 764. The van der Waals surface area contributed by atoms with Gasteiger partial charge >= 0.3 is 0 Å². The molecule has 20 heavy (non-hydrogen) atoms. The van der Waals surface area contributed by atoms with E-state index in [4.69, 9.17) is 0 Å². The minimum absolute atomic E-state index is 0.676. The van der Waals surface area contributed by atoms with E-state index in [1.54, 1.807) is 11.8 Å². The summed E-state index contributed by atoms with van der Waals surface area (Å²) >= 11 is 1.77. The summed E-state index contributed by atoms with van der Waals surface area (Å²) in [6.07, 6.45) is 0. The Morgan fingerprint density at radius 3 is 2.70 bits per heavy atom. The molecule has 0 unspecified atom stereocenters. The van der Waals surface area contributed by atoms with Gasteiger partial charge in [0.15, 0.2) is 0 Å². The average Bonchev–Trinajstić information content (AvgIpc) is 2.77. The molecule has 0 fully saturated rings. The quantitative estimate of drug-likeness (QED) is 0.546. The number of benzene rings is 1. The first-order chi connectivity index (χ1) is 9.63. The fourth-order valence-electron chi connectivity index (χ4n) is 2.08. The summed E-state index contributed by atoms with van der Waals surface area (Å²) in [7, 11) is 0. The van der Waals surface area contributed by atoms with Crippen LogP contribution in [0.15, 0.2) is 35.4 Å².